The molecule has 16 heavy (non-hydrogen) atoms. The maximum atomic E-state index is 11.6. The van der Waals surface area contributed by atoms with E-state index < -0.39 is 5.97 Å². The van der Waals surface area contributed by atoms with E-state index in [1.807, 2.05) is 30.3 Å². The van der Waals surface area contributed by atoms with Crippen molar-refractivity contribution in [1.82, 2.24) is 4.98 Å². The van der Waals surface area contributed by atoms with E-state index in [1.165, 1.54) is 0 Å². The van der Waals surface area contributed by atoms with Gasteiger partial charge in [-0.3, -0.25) is 0 Å². The van der Waals surface area contributed by atoms with E-state index in [4.69, 9.17) is 4.74 Å². The van der Waals surface area contributed by atoms with Crippen LogP contribution in [0.2, 0.25) is 0 Å². The minimum Gasteiger partial charge on any atom is -0.461 e. The van der Waals surface area contributed by atoms with Crippen LogP contribution in [0.4, 0.5) is 0 Å². The smallest absolute Gasteiger partial charge is 0.358 e. The minimum atomic E-state index is -0.403. The Labute approximate surface area is 102 Å². The van der Waals surface area contributed by atoms with Crippen molar-refractivity contribution in [3.63, 3.8) is 0 Å². The highest BCUT2D eigenvalue weighted by Gasteiger charge is 2.13. The van der Waals surface area contributed by atoms with Crippen molar-refractivity contribution in [2.75, 3.05) is 6.61 Å². The molecule has 1 heterocycles. The number of fused-ring (bicyclic) bond motifs is 1. The molecule has 3 nitrogen and oxygen atoms in total. The monoisotopic (exact) mass is 279 g/mol. The van der Waals surface area contributed by atoms with E-state index in [9.17, 15) is 4.79 Å². The second-order valence-corrected chi connectivity index (χ2v) is 4.09. The maximum Gasteiger partial charge on any atom is 0.358 e. The number of hydrogen-bond acceptors (Lipinski definition) is 3. The van der Waals surface area contributed by atoms with Gasteiger partial charge in [0.15, 0.2) is 5.69 Å². The first-order valence-corrected chi connectivity index (χ1v) is 5.74. The summed E-state index contributed by atoms with van der Waals surface area (Å²) < 4.78 is 5.58. The summed E-state index contributed by atoms with van der Waals surface area (Å²) in [6, 6.07) is 9.50. The van der Waals surface area contributed by atoms with Gasteiger partial charge in [-0.2, -0.15) is 0 Å². The highest BCUT2D eigenvalue weighted by molar-refractivity contribution is 9.10. The number of rotatable bonds is 2. The summed E-state index contributed by atoms with van der Waals surface area (Å²) >= 11 is 3.32. The van der Waals surface area contributed by atoms with Gasteiger partial charge in [-0.15, -0.1) is 0 Å². The van der Waals surface area contributed by atoms with Crippen molar-refractivity contribution in [3.8, 4) is 0 Å². The van der Waals surface area contributed by atoms with Crippen molar-refractivity contribution in [2.45, 2.75) is 6.92 Å². The molecule has 0 bridgehead atoms. The van der Waals surface area contributed by atoms with Crippen LogP contribution >= 0.6 is 15.9 Å². The molecule has 0 atom stereocenters. The SMILES string of the molecule is CCOC(=O)c1nc2ccccc2cc1Br. The molecule has 0 fully saturated rings. The Morgan fingerprint density at radius 2 is 2.19 bits per heavy atom. The van der Waals surface area contributed by atoms with Crippen LogP contribution in [0.15, 0.2) is 34.8 Å². The van der Waals surface area contributed by atoms with Crippen LogP contribution in [0.3, 0.4) is 0 Å². The lowest BCUT2D eigenvalue weighted by molar-refractivity contribution is 0.0519. The van der Waals surface area contributed by atoms with Gasteiger partial charge < -0.3 is 4.74 Å². The van der Waals surface area contributed by atoms with E-state index in [2.05, 4.69) is 20.9 Å². The van der Waals surface area contributed by atoms with Crippen LogP contribution < -0.4 is 0 Å². The van der Waals surface area contributed by atoms with Gasteiger partial charge in [-0.25, -0.2) is 9.78 Å². The third kappa shape index (κ3) is 2.07. The van der Waals surface area contributed by atoms with E-state index in [0.717, 1.165) is 10.9 Å². The normalized spacial score (nSPS) is 10.4. The predicted octanol–water partition coefficient (Wildman–Crippen LogP) is 3.17. The van der Waals surface area contributed by atoms with Crippen molar-refractivity contribution < 1.29 is 9.53 Å². The Kier molecular flexibility index (Phi) is 3.19. The number of para-hydroxylation sites is 1. The van der Waals surface area contributed by atoms with Gasteiger partial charge in [0.25, 0.3) is 0 Å². The minimum absolute atomic E-state index is 0.320. The van der Waals surface area contributed by atoms with Crippen LogP contribution in [0.25, 0.3) is 10.9 Å². The number of halogens is 1. The topological polar surface area (TPSA) is 39.2 Å². The third-order valence-corrected chi connectivity index (χ3v) is 2.75. The van der Waals surface area contributed by atoms with Crippen molar-refractivity contribution in [2.24, 2.45) is 0 Å². The summed E-state index contributed by atoms with van der Waals surface area (Å²) in [5.74, 6) is -0.403. The molecule has 2 rings (SSSR count). The quantitative estimate of drug-likeness (QED) is 0.793. The number of nitrogens with zero attached hydrogens (tertiary/aromatic N) is 1. The molecule has 0 amide bonds. The first-order chi connectivity index (χ1) is 7.72. The first-order valence-electron chi connectivity index (χ1n) is 4.94. The molecule has 4 heteroatoms. The summed E-state index contributed by atoms with van der Waals surface area (Å²) in [6.07, 6.45) is 0. The Bertz CT molecular complexity index is 540. The zero-order valence-corrected chi connectivity index (χ0v) is 10.3. The lowest BCUT2D eigenvalue weighted by Gasteiger charge is -2.05. The number of benzene rings is 1. The summed E-state index contributed by atoms with van der Waals surface area (Å²) in [4.78, 5) is 15.9. The van der Waals surface area contributed by atoms with Crippen LogP contribution in [0, 0.1) is 0 Å². The van der Waals surface area contributed by atoms with Crippen LogP contribution in [-0.2, 0) is 4.74 Å². The Morgan fingerprint density at radius 1 is 1.44 bits per heavy atom. The van der Waals surface area contributed by atoms with E-state index in [0.29, 0.717) is 16.8 Å². The molecule has 0 unspecified atom stereocenters. The fourth-order valence-corrected chi connectivity index (χ4v) is 1.93. The predicted molar refractivity (Wildman–Crippen MR) is 65.4 cm³/mol. The number of carbonyl (C=O) groups excluding carboxylic acids is 1. The Balaban J connectivity index is 2.54. The second kappa shape index (κ2) is 4.61. The molecule has 0 aliphatic heterocycles. The number of pyridine rings is 1. The highest BCUT2D eigenvalue weighted by Crippen LogP contribution is 2.21. The van der Waals surface area contributed by atoms with Crippen molar-refractivity contribution >= 4 is 32.8 Å². The molecule has 0 aliphatic carbocycles. The van der Waals surface area contributed by atoms with Gasteiger partial charge in [0.2, 0.25) is 0 Å². The van der Waals surface area contributed by atoms with Crippen molar-refractivity contribution in [1.29, 1.82) is 0 Å². The highest BCUT2D eigenvalue weighted by atomic mass is 79.9. The van der Waals surface area contributed by atoms with E-state index in [1.54, 1.807) is 6.92 Å². The first kappa shape index (κ1) is 11.1. The van der Waals surface area contributed by atoms with Crippen LogP contribution in [-0.4, -0.2) is 17.6 Å². The van der Waals surface area contributed by atoms with Gasteiger partial charge in [0, 0.05) is 5.39 Å². The fraction of sp³-hybridized carbons (Fsp3) is 0.167. The molecule has 0 saturated carbocycles. The molecular formula is C12H10BrNO2. The Morgan fingerprint density at radius 3 is 2.94 bits per heavy atom. The lowest BCUT2D eigenvalue weighted by Crippen LogP contribution is -2.08. The molecule has 0 radical (unpaired) electrons. The number of ether oxygens (including phenoxy) is 1. The molecule has 0 saturated heterocycles. The fourth-order valence-electron chi connectivity index (χ4n) is 1.43. The van der Waals surface area contributed by atoms with Gasteiger partial charge in [0.1, 0.15) is 0 Å². The number of aromatic nitrogens is 1. The van der Waals surface area contributed by atoms with Crippen molar-refractivity contribution in [3.05, 3.63) is 40.5 Å². The average Bonchev–Trinajstić information content (AvgIpc) is 2.28. The van der Waals surface area contributed by atoms with Gasteiger partial charge in [-0.05, 0) is 35.0 Å². The third-order valence-electron chi connectivity index (χ3n) is 2.15. The molecule has 82 valence electrons. The molecule has 1 aromatic heterocycles. The molecule has 1 aromatic carbocycles. The molecule has 0 spiro atoms. The largest absolute Gasteiger partial charge is 0.461 e. The molecule has 0 N–H and O–H groups in total. The second-order valence-electron chi connectivity index (χ2n) is 3.23. The van der Waals surface area contributed by atoms with Gasteiger partial charge >= 0.3 is 5.97 Å². The van der Waals surface area contributed by atoms with Gasteiger partial charge in [0.05, 0.1) is 16.6 Å². The number of esters is 1. The number of carbonyl (C=O) groups is 1. The summed E-state index contributed by atoms with van der Waals surface area (Å²) in [5, 5.41) is 0.988. The molecule has 2 aromatic rings. The zero-order valence-electron chi connectivity index (χ0n) is 8.74. The molecular weight excluding hydrogens is 270 g/mol. The summed E-state index contributed by atoms with van der Waals surface area (Å²) in [6.45, 7) is 2.12. The maximum absolute atomic E-state index is 11.6. The van der Waals surface area contributed by atoms with Crippen LogP contribution in [0.5, 0.6) is 0 Å². The van der Waals surface area contributed by atoms with Gasteiger partial charge in [-0.1, -0.05) is 18.2 Å². The Hall–Kier alpha value is -1.42. The van der Waals surface area contributed by atoms with Crippen LogP contribution in [0.1, 0.15) is 17.4 Å². The van der Waals surface area contributed by atoms with E-state index >= 15 is 0 Å². The zero-order chi connectivity index (χ0) is 11.5. The summed E-state index contributed by atoms with van der Waals surface area (Å²) in [7, 11) is 0. The summed E-state index contributed by atoms with van der Waals surface area (Å²) in [5.41, 5.74) is 1.11. The molecule has 0 aliphatic rings. The average molecular weight is 280 g/mol. The van der Waals surface area contributed by atoms with E-state index in [-0.39, 0.29) is 0 Å². The lowest BCUT2D eigenvalue weighted by atomic mass is 10.2. The standard InChI is InChI=1S/C12H10BrNO2/c1-2-16-12(15)11-9(13)7-8-5-3-4-6-10(8)14-11/h3-7H,2H2,1H3. The number of hydrogen-bond donors (Lipinski definition) is 0.